The third-order valence-electron chi connectivity index (χ3n) is 5.17. The van der Waals surface area contributed by atoms with Gasteiger partial charge in [-0.25, -0.2) is 4.99 Å². The molecule has 0 bridgehead atoms. The van der Waals surface area contributed by atoms with Crippen LogP contribution in [0.1, 0.15) is 43.4 Å². The minimum absolute atomic E-state index is 0.0370. The summed E-state index contributed by atoms with van der Waals surface area (Å²) in [5, 5.41) is 16.5. The molecule has 0 aromatic heterocycles. The quantitative estimate of drug-likeness (QED) is 0.403. The molecule has 0 radical (unpaired) electrons. The summed E-state index contributed by atoms with van der Waals surface area (Å²) in [6.45, 7) is 11.6. The summed E-state index contributed by atoms with van der Waals surface area (Å²) >= 11 is 0. The Morgan fingerprint density at radius 2 is 1.59 bits per heavy atom. The van der Waals surface area contributed by atoms with Gasteiger partial charge in [-0.15, -0.1) is 0 Å². The van der Waals surface area contributed by atoms with E-state index in [1.54, 1.807) is 0 Å². The normalized spacial score (nSPS) is 12.8. The lowest BCUT2D eigenvalue weighted by atomic mass is 10.0. The molecule has 0 saturated carbocycles. The van der Waals surface area contributed by atoms with E-state index in [4.69, 9.17) is 4.99 Å². The zero-order valence-corrected chi connectivity index (χ0v) is 18.1. The minimum atomic E-state index is 0.0370. The predicted octanol–water partition coefficient (Wildman–Crippen LogP) is 3.36. The second-order valence-electron chi connectivity index (χ2n) is 7.10. The summed E-state index contributed by atoms with van der Waals surface area (Å²) in [6, 6.07) is 18.6. The molecule has 0 spiro atoms. The van der Waals surface area contributed by atoms with Crippen molar-refractivity contribution in [2.24, 2.45) is 4.99 Å². The molecule has 29 heavy (non-hydrogen) atoms. The maximum Gasteiger partial charge on any atom is 0.191 e. The summed E-state index contributed by atoms with van der Waals surface area (Å²) < 4.78 is 0. The van der Waals surface area contributed by atoms with Crippen LogP contribution in [-0.4, -0.2) is 48.8 Å². The van der Waals surface area contributed by atoms with Crippen molar-refractivity contribution in [3.8, 4) is 0 Å². The number of nitrogens with one attached hydrogen (secondary N) is 2. The van der Waals surface area contributed by atoms with Crippen LogP contribution in [0.15, 0.2) is 59.6 Å². The number of guanidine groups is 1. The highest BCUT2D eigenvalue weighted by Gasteiger charge is 2.11. The van der Waals surface area contributed by atoms with Crippen molar-refractivity contribution in [1.82, 2.24) is 15.5 Å². The number of nitrogens with zero attached hydrogens (tertiary/aromatic N) is 2. The van der Waals surface area contributed by atoms with Gasteiger partial charge in [0.15, 0.2) is 5.96 Å². The molecule has 158 valence electrons. The highest BCUT2D eigenvalue weighted by atomic mass is 16.3. The molecular formula is C24H36N4O. The van der Waals surface area contributed by atoms with Gasteiger partial charge in [-0.2, -0.15) is 0 Å². The Labute approximate surface area is 175 Å². The van der Waals surface area contributed by atoms with E-state index in [-0.39, 0.29) is 12.5 Å². The average Bonchev–Trinajstić information content (AvgIpc) is 2.77. The van der Waals surface area contributed by atoms with Gasteiger partial charge in [0.1, 0.15) is 0 Å². The molecule has 0 fully saturated rings. The minimum Gasteiger partial charge on any atom is -0.396 e. The molecule has 2 rings (SSSR count). The van der Waals surface area contributed by atoms with Crippen LogP contribution in [0, 0.1) is 0 Å². The molecule has 2 aromatic carbocycles. The lowest BCUT2D eigenvalue weighted by Crippen LogP contribution is -2.40. The zero-order chi connectivity index (χ0) is 20.9. The van der Waals surface area contributed by atoms with E-state index in [1.165, 1.54) is 11.1 Å². The Balaban J connectivity index is 2.05. The van der Waals surface area contributed by atoms with Crippen molar-refractivity contribution in [3.05, 3.63) is 71.3 Å². The average molecular weight is 397 g/mol. The Morgan fingerprint density at radius 3 is 2.21 bits per heavy atom. The van der Waals surface area contributed by atoms with Crippen molar-refractivity contribution in [2.75, 3.05) is 32.8 Å². The maximum atomic E-state index is 9.79. The van der Waals surface area contributed by atoms with Crippen LogP contribution in [-0.2, 0) is 13.1 Å². The van der Waals surface area contributed by atoms with Crippen molar-refractivity contribution >= 4 is 5.96 Å². The van der Waals surface area contributed by atoms with Gasteiger partial charge in [-0.05, 0) is 36.7 Å². The van der Waals surface area contributed by atoms with E-state index in [2.05, 4.69) is 72.7 Å². The van der Waals surface area contributed by atoms with Crippen LogP contribution in [0.2, 0.25) is 0 Å². The number of aliphatic hydroxyl groups is 1. The Bertz CT molecular complexity index is 729. The SMILES string of the molecule is CCNC(=NCc1ccccc1CN(CC)CC)NCC(CO)c1ccccc1. The molecule has 0 saturated heterocycles. The molecule has 2 aromatic rings. The number of aliphatic imine (C=N–C) groups is 1. The van der Waals surface area contributed by atoms with Gasteiger partial charge in [0, 0.05) is 25.6 Å². The molecule has 3 N–H and O–H groups in total. The van der Waals surface area contributed by atoms with Gasteiger partial charge < -0.3 is 15.7 Å². The van der Waals surface area contributed by atoms with Gasteiger partial charge in [0.25, 0.3) is 0 Å². The molecule has 0 amide bonds. The monoisotopic (exact) mass is 396 g/mol. The Kier molecular flexibility index (Phi) is 10.2. The van der Waals surface area contributed by atoms with E-state index < -0.39 is 0 Å². The topological polar surface area (TPSA) is 59.9 Å². The van der Waals surface area contributed by atoms with Gasteiger partial charge in [0.2, 0.25) is 0 Å². The fraction of sp³-hybridized carbons (Fsp3) is 0.458. The molecular weight excluding hydrogens is 360 g/mol. The number of rotatable bonds is 11. The molecule has 0 aliphatic heterocycles. The van der Waals surface area contributed by atoms with E-state index in [0.717, 1.165) is 37.7 Å². The van der Waals surface area contributed by atoms with Crippen LogP contribution in [0.25, 0.3) is 0 Å². The molecule has 0 aliphatic carbocycles. The van der Waals surface area contributed by atoms with E-state index >= 15 is 0 Å². The molecule has 0 aliphatic rings. The fourth-order valence-electron chi connectivity index (χ4n) is 3.29. The zero-order valence-electron chi connectivity index (χ0n) is 18.1. The van der Waals surface area contributed by atoms with Gasteiger partial charge in [0.05, 0.1) is 13.2 Å². The highest BCUT2D eigenvalue weighted by molar-refractivity contribution is 5.79. The van der Waals surface area contributed by atoms with E-state index in [1.807, 2.05) is 18.2 Å². The first-order valence-corrected chi connectivity index (χ1v) is 10.7. The van der Waals surface area contributed by atoms with Crippen LogP contribution >= 0.6 is 0 Å². The third kappa shape index (κ3) is 7.52. The molecule has 5 nitrogen and oxygen atoms in total. The first-order valence-electron chi connectivity index (χ1n) is 10.7. The highest BCUT2D eigenvalue weighted by Crippen LogP contribution is 2.14. The molecule has 1 atom stereocenters. The maximum absolute atomic E-state index is 9.79. The molecule has 5 heteroatoms. The van der Waals surface area contributed by atoms with Crippen molar-refractivity contribution < 1.29 is 5.11 Å². The van der Waals surface area contributed by atoms with Gasteiger partial charge in [-0.1, -0.05) is 68.4 Å². The molecule has 0 heterocycles. The fourth-order valence-corrected chi connectivity index (χ4v) is 3.29. The van der Waals surface area contributed by atoms with Crippen molar-refractivity contribution in [1.29, 1.82) is 0 Å². The number of hydrogen-bond donors (Lipinski definition) is 3. The number of aliphatic hydroxyl groups excluding tert-OH is 1. The third-order valence-corrected chi connectivity index (χ3v) is 5.17. The standard InChI is InChI=1S/C24H36N4O/c1-4-25-24(27-17-23(19-29)20-12-8-7-9-13-20)26-16-21-14-10-11-15-22(21)18-28(5-2)6-3/h7-15,23,29H,4-6,16-19H2,1-3H3,(H2,25,26,27). The van der Waals surface area contributed by atoms with E-state index in [0.29, 0.717) is 13.1 Å². The van der Waals surface area contributed by atoms with Crippen LogP contribution in [0.5, 0.6) is 0 Å². The largest absolute Gasteiger partial charge is 0.396 e. The van der Waals surface area contributed by atoms with Crippen molar-refractivity contribution in [2.45, 2.75) is 39.8 Å². The number of benzene rings is 2. The van der Waals surface area contributed by atoms with Crippen molar-refractivity contribution in [3.63, 3.8) is 0 Å². The Hall–Kier alpha value is -2.37. The lowest BCUT2D eigenvalue weighted by Gasteiger charge is -2.20. The van der Waals surface area contributed by atoms with Crippen LogP contribution in [0.4, 0.5) is 0 Å². The lowest BCUT2D eigenvalue weighted by molar-refractivity contribution is 0.265. The first-order chi connectivity index (χ1) is 14.2. The number of hydrogen-bond acceptors (Lipinski definition) is 3. The summed E-state index contributed by atoms with van der Waals surface area (Å²) in [6.07, 6.45) is 0. The predicted molar refractivity (Wildman–Crippen MR) is 122 cm³/mol. The second kappa shape index (κ2) is 13.0. The first kappa shape index (κ1) is 22.9. The van der Waals surface area contributed by atoms with Gasteiger partial charge in [-0.3, -0.25) is 4.90 Å². The summed E-state index contributed by atoms with van der Waals surface area (Å²) in [5.41, 5.74) is 3.70. The van der Waals surface area contributed by atoms with Crippen LogP contribution < -0.4 is 10.6 Å². The summed E-state index contributed by atoms with van der Waals surface area (Å²) in [5.74, 6) is 0.814. The smallest absolute Gasteiger partial charge is 0.191 e. The Morgan fingerprint density at radius 1 is 0.931 bits per heavy atom. The van der Waals surface area contributed by atoms with Gasteiger partial charge >= 0.3 is 0 Å². The summed E-state index contributed by atoms with van der Waals surface area (Å²) in [4.78, 5) is 7.21. The summed E-state index contributed by atoms with van der Waals surface area (Å²) in [7, 11) is 0. The van der Waals surface area contributed by atoms with Crippen LogP contribution in [0.3, 0.4) is 0 Å². The second-order valence-corrected chi connectivity index (χ2v) is 7.10. The molecule has 1 unspecified atom stereocenters. The van der Waals surface area contributed by atoms with E-state index in [9.17, 15) is 5.11 Å².